The van der Waals surface area contributed by atoms with Gasteiger partial charge in [-0.15, -0.1) is 0 Å². The number of carbonyl (C=O) groups excluding carboxylic acids is 3. The molecule has 0 aromatic carbocycles. The summed E-state index contributed by atoms with van der Waals surface area (Å²) in [4.78, 5) is 47.1. The second kappa shape index (κ2) is 9.97. The van der Waals surface area contributed by atoms with E-state index in [9.17, 15) is 19.2 Å². The second-order valence-corrected chi connectivity index (χ2v) is 6.80. The van der Waals surface area contributed by atoms with Crippen LogP contribution in [-0.2, 0) is 19.2 Å². The first-order chi connectivity index (χ1) is 11.4. The highest BCUT2D eigenvalue weighted by Crippen LogP contribution is 2.05. The molecule has 0 saturated carbocycles. The molecular weight excluding hydrogens is 328 g/mol. The maximum atomic E-state index is 12.4. The van der Waals surface area contributed by atoms with Crippen molar-refractivity contribution in [1.29, 1.82) is 0 Å². The molecule has 144 valence electrons. The van der Waals surface area contributed by atoms with E-state index in [1.54, 1.807) is 27.7 Å². The van der Waals surface area contributed by atoms with Crippen molar-refractivity contribution in [2.24, 2.45) is 17.6 Å². The zero-order chi connectivity index (χ0) is 19.9. The Kier molecular flexibility index (Phi) is 9.11. The molecule has 0 fully saturated rings. The van der Waals surface area contributed by atoms with Gasteiger partial charge >= 0.3 is 5.97 Å². The quantitative estimate of drug-likeness (QED) is 0.364. The van der Waals surface area contributed by atoms with E-state index in [2.05, 4.69) is 16.0 Å². The second-order valence-electron chi connectivity index (χ2n) is 6.80. The van der Waals surface area contributed by atoms with Crippen LogP contribution < -0.4 is 21.7 Å². The number of nitrogens with one attached hydrogen (secondary N) is 3. The third kappa shape index (κ3) is 7.51. The van der Waals surface area contributed by atoms with Gasteiger partial charge in [-0.05, 0) is 25.7 Å². The van der Waals surface area contributed by atoms with E-state index in [-0.39, 0.29) is 11.8 Å². The fraction of sp³-hybridized carbons (Fsp3) is 0.750. The summed E-state index contributed by atoms with van der Waals surface area (Å²) in [6.07, 6.45) is 0. The summed E-state index contributed by atoms with van der Waals surface area (Å²) in [5, 5.41) is 16.1. The number of hydrogen-bond acceptors (Lipinski definition) is 5. The van der Waals surface area contributed by atoms with E-state index in [4.69, 9.17) is 10.8 Å². The molecule has 0 spiro atoms. The Morgan fingerprint density at radius 1 is 0.720 bits per heavy atom. The molecule has 0 aromatic heterocycles. The highest BCUT2D eigenvalue weighted by atomic mass is 16.4. The lowest BCUT2D eigenvalue weighted by atomic mass is 10.00. The molecule has 0 radical (unpaired) electrons. The first-order valence-electron chi connectivity index (χ1n) is 8.27. The van der Waals surface area contributed by atoms with Crippen LogP contribution in [0.15, 0.2) is 0 Å². The molecule has 0 bridgehead atoms. The Labute approximate surface area is 148 Å². The molecule has 0 aromatic rings. The minimum atomic E-state index is -1.18. The van der Waals surface area contributed by atoms with Gasteiger partial charge in [0.2, 0.25) is 17.7 Å². The van der Waals surface area contributed by atoms with Crippen LogP contribution >= 0.6 is 0 Å². The summed E-state index contributed by atoms with van der Waals surface area (Å²) in [5.74, 6) is -3.10. The van der Waals surface area contributed by atoms with Gasteiger partial charge in [0.25, 0.3) is 0 Å². The number of carbonyl (C=O) groups is 4. The fourth-order valence-electron chi connectivity index (χ4n) is 1.86. The first kappa shape index (κ1) is 22.8. The third-order valence-corrected chi connectivity index (χ3v) is 3.75. The zero-order valence-electron chi connectivity index (χ0n) is 15.6. The van der Waals surface area contributed by atoms with Crippen LogP contribution in [0.5, 0.6) is 0 Å². The summed E-state index contributed by atoms with van der Waals surface area (Å²) in [7, 11) is 0. The Morgan fingerprint density at radius 2 is 1.20 bits per heavy atom. The third-order valence-electron chi connectivity index (χ3n) is 3.75. The minimum Gasteiger partial charge on any atom is -0.480 e. The molecule has 9 nitrogen and oxygen atoms in total. The number of carboxylic acid groups (broad SMARTS) is 1. The van der Waals surface area contributed by atoms with Gasteiger partial charge in [-0.2, -0.15) is 0 Å². The highest BCUT2D eigenvalue weighted by molar-refractivity contribution is 5.94. The van der Waals surface area contributed by atoms with Gasteiger partial charge in [0.1, 0.15) is 18.1 Å². The zero-order valence-corrected chi connectivity index (χ0v) is 15.6. The number of nitrogens with two attached hydrogens (primary N) is 1. The van der Waals surface area contributed by atoms with Crippen LogP contribution in [0.2, 0.25) is 0 Å². The van der Waals surface area contributed by atoms with E-state index in [0.29, 0.717) is 0 Å². The van der Waals surface area contributed by atoms with Crippen LogP contribution in [0.25, 0.3) is 0 Å². The SMILES string of the molecule is CC(NC(=O)C(C)NC(=O)C(NC(=O)C(N)C(C)C)C(C)C)C(=O)O. The molecule has 6 N–H and O–H groups in total. The number of aliphatic carboxylic acids is 1. The topological polar surface area (TPSA) is 151 Å². The predicted molar refractivity (Wildman–Crippen MR) is 92.4 cm³/mol. The summed E-state index contributed by atoms with van der Waals surface area (Å²) in [6, 6.07) is -3.63. The van der Waals surface area contributed by atoms with E-state index < -0.39 is 47.9 Å². The van der Waals surface area contributed by atoms with Crippen molar-refractivity contribution in [2.75, 3.05) is 0 Å². The lowest BCUT2D eigenvalue weighted by Crippen LogP contribution is -2.58. The molecule has 0 aliphatic heterocycles. The van der Waals surface area contributed by atoms with Crippen LogP contribution in [0, 0.1) is 11.8 Å². The van der Waals surface area contributed by atoms with E-state index in [0.717, 1.165) is 0 Å². The Balaban J connectivity index is 4.87. The van der Waals surface area contributed by atoms with Gasteiger partial charge in [-0.3, -0.25) is 19.2 Å². The fourth-order valence-corrected chi connectivity index (χ4v) is 1.86. The monoisotopic (exact) mass is 358 g/mol. The molecule has 9 heteroatoms. The average Bonchev–Trinajstić information content (AvgIpc) is 2.50. The van der Waals surface area contributed by atoms with Crippen LogP contribution in [-0.4, -0.2) is 53.0 Å². The molecule has 0 heterocycles. The van der Waals surface area contributed by atoms with Gasteiger partial charge < -0.3 is 26.8 Å². The van der Waals surface area contributed by atoms with Crippen LogP contribution in [0.3, 0.4) is 0 Å². The average molecular weight is 358 g/mol. The van der Waals surface area contributed by atoms with Gasteiger partial charge in [-0.1, -0.05) is 27.7 Å². The van der Waals surface area contributed by atoms with Gasteiger partial charge in [0.15, 0.2) is 0 Å². The van der Waals surface area contributed by atoms with Crippen LogP contribution in [0.1, 0.15) is 41.5 Å². The summed E-state index contributed by atoms with van der Waals surface area (Å²) >= 11 is 0. The lowest BCUT2D eigenvalue weighted by Gasteiger charge is -2.26. The van der Waals surface area contributed by atoms with Gasteiger partial charge in [0.05, 0.1) is 6.04 Å². The standard InChI is InChI=1S/C16H30N4O5/c1-7(2)11(17)14(22)20-12(8(3)4)15(23)18-9(5)13(21)19-10(6)16(24)25/h7-12H,17H2,1-6H3,(H,18,23)(H,19,21)(H,20,22)(H,24,25). The molecule has 3 amide bonds. The molecule has 0 aliphatic carbocycles. The lowest BCUT2D eigenvalue weighted by molar-refractivity contribution is -0.141. The summed E-state index contributed by atoms with van der Waals surface area (Å²) in [6.45, 7) is 9.85. The summed E-state index contributed by atoms with van der Waals surface area (Å²) < 4.78 is 0. The number of hydrogen-bond donors (Lipinski definition) is 5. The largest absolute Gasteiger partial charge is 0.480 e. The van der Waals surface area contributed by atoms with Crippen molar-refractivity contribution in [2.45, 2.75) is 65.7 Å². The van der Waals surface area contributed by atoms with Crippen molar-refractivity contribution in [3.05, 3.63) is 0 Å². The molecule has 4 atom stereocenters. The maximum Gasteiger partial charge on any atom is 0.325 e. The predicted octanol–water partition coefficient (Wildman–Crippen LogP) is -0.795. The van der Waals surface area contributed by atoms with Crippen LogP contribution in [0.4, 0.5) is 0 Å². The number of rotatable bonds is 9. The number of amides is 3. The highest BCUT2D eigenvalue weighted by Gasteiger charge is 2.29. The first-order valence-corrected chi connectivity index (χ1v) is 8.27. The van der Waals surface area contributed by atoms with Gasteiger partial charge in [-0.25, -0.2) is 0 Å². The van der Waals surface area contributed by atoms with E-state index in [1.165, 1.54) is 13.8 Å². The molecule has 25 heavy (non-hydrogen) atoms. The van der Waals surface area contributed by atoms with Crippen molar-refractivity contribution < 1.29 is 24.3 Å². The molecule has 0 saturated heterocycles. The summed E-state index contributed by atoms with van der Waals surface area (Å²) in [5.41, 5.74) is 5.78. The Morgan fingerprint density at radius 3 is 1.60 bits per heavy atom. The normalized spacial score (nSPS) is 15.9. The smallest absolute Gasteiger partial charge is 0.325 e. The molecular formula is C16H30N4O5. The van der Waals surface area contributed by atoms with Crippen molar-refractivity contribution >= 4 is 23.7 Å². The van der Waals surface area contributed by atoms with Crippen molar-refractivity contribution in [3.63, 3.8) is 0 Å². The van der Waals surface area contributed by atoms with Crippen molar-refractivity contribution in [3.8, 4) is 0 Å². The van der Waals surface area contributed by atoms with E-state index >= 15 is 0 Å². The van der Waals surface area contributed by atoms with Gasteiger partial charge in [0, 0.05) is 0 Å². The number of carboxylic acids is 1. The van der Waals surface area contributed by atoms with E-state index in [1.807, 2.05) is 0 Å². The molecule has 0 aliphatic rings. The van der Waals surface area contributed by atoms with Crippen molar-refractivity contribution in [1.82, 2.24) is 16.0 Å². The molecule has 4 unspecified atom stereocenters. The molecule has 0 rings (SSSR count). The maximum absolute atomic E-state index is 12.4. The Hall–Kier alpha value is -2.16. The minimum absolute atomic E-state index is 0.0851. The Bertz CT molecular complexity index is 507.